The molecule has 0 N–H and O–H groups in total. The second-order valence-electron chi connectivity index (χ2n) is 3.82. The number of hydrogen-bond donors (Lipinski definition) is 0. The third-order valence-electron chi connectivity index (χ3n) is 2.37. The van der Waals surface area contributed by atoms with Gasteiger partial charge in [0.15, 0.2) is 0 Å². The molecule has 0 saturated heterocycles. The van der Waals surface area contributed by atoms with Crippen molar-refractivity contribution in [2.75, 3.05) is 0 Å². The van der Waals surface area contributed by atoms with E-state index in [1.54, 1.807) is 30.3 Å². The molecule has 98 valence electrons. The van der Waals surface area contributed by atoms with E-state index in [-0.39, 0.29) is 11.3 Å². The molecule has 0 spiro atoms. The number of carbonyl (C=O) groups is 1. The van der Waals surface area contributed by atoms with Crippen molar-refractivity contribution < 1.29 is 22.7 Å². The summed E-state index contributed by atoms with van der Waals surface area (Å²) in [6.07, 6.45) is -4.17. The highest BCUT2D eigenvalue weighted by molar-refractivity contribution is 5.76. The van der Waals surface area contributed by atoms with Crippen LogP contribution in [0.4, 0.5) is 13.2 Å². The van der Waals surface area contributed by atoms with Crippen molar-refractivity contribution in [3.8, 4) is 11.5 Å². The molecule has 0 aliphatic heterocycles. The quantitative estimate of drug-likeness (QED) is 0.774. The third kappa shape index (κ3) is 3.34. The Morgan fingerprint density at radius 3 is 2.21 bits per heavy atom. The van der Waals surface area contributed by atoms with Crippen LogP contribution in [0.15, 0.2) is 48.5 Å². The van der Waals surface area contributed by atoms with Gasteiger partial charge in [-0.1, -0.05) is 18.2 Å². The summed E-state index contributed by atoms with van der Waals surface area (Å²) in [5, 5.41) is 0. The highest BCUT2D eigenvalue weighted by Crippen LogP contribution is 2.33. The summed E-state index contributed by atoms with van der Waals surface area (Å²) < 4.78 is 43.3. The third-order valence-corrected chi connectivity index (χ3v) is 2.37. The monoisotopic (exact) mass is 266 g/mol. The van der Waals surface area contributed by atoms with Gasteiger partial charge in [0.1, 0.15) is 17.8 Å². The SMILES string of the molecule is O=Cc1cc(Oc2ccccc2)cc(C(F)(F)F)c1. The summed E-state index contributed by atoms with van der Waals surface area (Å²) in [6.45, 7) is 0. The second kappa shape index (κ2) is 5.14. The number of alkyl halides is 3. The lowest BCUT2D eigenvalue weighted by atomic mass is 10.1. The van der Waals surface area contributed by atoms with Crippen LogP contribution >= 0.6 is 0 Å². The highest BCUT2D eigenvalue weighted by atomic mass is 19.4. The Balaban J connectivity index is 2.38. The summed E-state index contributed by atoms with van der Waals surface area (Å²) >= 11 is 0. The van der Waals surface area contributed by atoms with Crippen LogP contribution in [0, 0.1) is 0 Å². The van der Waals surface area contributed by atoms with E-state index in [2.05, 4.69) is 0 Å². The lowest BCUT2D eigenvalue weighted by Crippen LogP contribution is -2.06. The molecule has 0 radical (unpaired) electrons. The number of benzene rings is 2. The van der Waals surface area contributed by atoms with Gasteiger partial charge >= 0.3 is 6.18 Å². The van der Waals surface area contributed by atoms with E-state index >= 15 is 0 Å². The molecule has 0 amide bonds. The minimum absolute atomic E-state index is 0.0249. The van der Waals surface area contributed by atoms with E-state index in [1.807, 2.05) is 0 Å². The van der Waals surface area contributed by atoms with Crippen LogP contribution in [0.1, 0.15) is 15.9 Å². The Morgan fingerprint density at radius 2 is 1.63 bits per heavy atom. The fourth-order valence-electron chi connectivity index (χ4n) is 1.54. The van der Waals surface area contributed by atoms with Crippen molar-refractivity contribution in [2.45, 2.75) is 6.18 Å². The van der Waals surface area contributed by atoms with E-state index in [4.69, 9.17) is 4.74 Å². The zero-order chi connectivity index (χ0) is 13.9. The topological polar surface area (TPSA) is 26.3 Å². The molecule has 0 saturated carbocycles. The van der Waals surface area contributed by atoms with Gasteiger partial charge in [0.25, 0.3) is 0 Å². The first-order valence-electron chi connectivity index (χ1n) is 5.39. The van der Waals surface area contributed by atoms with Gasteiger partial charge in [0.05, 0.1) is 5.56 Å². The number of carbonyl (C=O) groups excluding carboxylic acids is 1. The Morgan fingerprint density at radius 1 is 0.947 bits per heavy atom. The molecular weight excluding hydrogens is 257 g/mol. The predicted molar refractivity (Wildman–Crippen MR) is 63.3 cm³/mol. The average Bonchev–Trinajstić information content (AvgIpc) is 2.38. The first-order valence-corrected chi connectivity index (χ1v) is 5.39. The first kappa shape index (κ1) is 13.1. The largest absolute Gasteiger partial charge is 0.457 e. The molecule has 2 aromatic carbocycles. The maximum Gasteiger partial charge on any atom is 0.416 e. The zero-order valence-corrected chi connectivity index (χ0v) is 9.65. The summed E-state index contributed by atoms with van der Waals surface area (Å²) in [7, 11) is 0. The summed E-state index contributed by atoms with van der Waals surface area (Å²) in [4.78, 5) is 10.7. The Bertz CT molecular complexity index is 577. The summed E-state index contributed by atoms with van der Waals surface area (Å²) in [5.41, 5.74) is -0.996. The molecule has 0 unspecified atom stereocenters. The van der Waals surface area contributed by atoms with Crippen molar-refractivity contribution in [3.63, 3.8) is 0 Å². The van der Waals surface area contributed by atoms with Crippen molar-refractivity contribution >= 4 is 6.29 Å². The fraction of sp³-hybridized carbons (Fsp3) is 0.0714. The molecule has 2 aromatic rings. The molecule has 19 heavy (non-hydrogen) atoms. The molecule has 0 heterocycles. The minimum Gasteiger partial charge on any atom is -0.457 e. The van der Waals surface area contributed by atoms with Crippen LogP contribution in [-0.4, -0.2) is 6.29 Å². The lowest BCUT2D eigenvalue weighted by Gasteiger charge is -2.11. The number of para-hydroxylation sites is 1. The molecule has 0 aliphatic carbocycles. The normalized spacial score (nSPS) is 11.1. The van der Waals surface area contributed by atoms with Gasteiger partial charge in [-0.3, -0.25) is 4.79 Å². The Hall–Kier alpha value is -2.30. The van der Waals surface area contributed by atoms with Gasteiger partial charge in [-0.25, -0.2) is 0 Å². The molecule has 2 nitrogen and oxygen atoms in total. The van der Waals surface area contributed by atoms with Gasteiger partial charge in [0.2, 0.25) is 0 Å². The molecule has 0 atom stereocenters. The molecule has 0 aromatic heterocycles. The molecule has 0 aliphatic rings. The van der Waals surface area contributed by atoms with Gasteiger partial charge in [-0.05, 0) is 30.3 Å². The van der Waals surface area contributed by atoms with E-state index < -0.39 is 11.7 Å². The first-order chi connectivity index (χ1) is 8.99. The van der Waals surface area contributed by atoms with Crippen LogP contribution in [0.2, 0.25) is 0 Å². The van der Waals surface area contributed by atoms with Crippen LogP contribution in [0.5, 0.6) is 11.5 Å². The minimum atomic E-state index is -4.52. The second-order valence-corrected chi connectivity index (χ2v) is 3.82. The number of ether oxygens (including phenoxy) is 1. The maximum atomic E-state index is 12.7. The van der Waals surface area contributed by atoms with Crippen LogP contribution < -0.4 is 4.74 Å². The van der Waals surface area contributed by atoms with E-state index in [0.717, 1.165) is 12.1 Å². The molecule has 0 fully saturated rings. The van der Waals surface area contributed by atoms with Crippen LogP contribution in [0.3, 0.4) is 0 Å². The number of halogens is 3. The standard InChI is InChI=1S/C14H9F3O2/c15-14(16,17)11-6-10(9-18)7-13(8-11)19-12-4-2-1-3-5-12/h1-9H. The fourth-order valence-corrected chi connectivity index (χ4v) is 1.54. The molecule has 0 bridgehead atoms. The average molecular weight is 266 g/mol. The van der Waals surface area contributed by atoms with Crippen molar-refractivity contribution in [1.82, 2.24) is 0 Å². The Kier molecular flexibility index (Phi) is 3.55. The van der Waals surface area contributed by atoms with Gasteiger partial charge in [-0.15, -0.1) is 0 Å². The summed E-state index contributed by atoms with van der Waals surface area (Å²) in [5.74, 6) is 0.377. The van der Waals surface area contributed by atoms with Crippen LogP contribution in [-0.2, 0) is 6.18 Å². The van der Waals surface area contributed by atoms with E-state index in [9.17, 15) is 18.0 Å². The zero-order valence-electron chi connectivity index (χ0n) is 9.65. The lowest BCUT2D eigenvalue weighted by molar-refractivity contribution is -0.137. The maximum absolute atomic E-state index is 12.7. The summed E-state index contributed by atoms with van der Waals surface area (Å²) in [6, 6.07) is 11.3. The number of hydrogen-bond acceptors (Lipinski definition) is 2. The smallest absolute Gasteiger partial charge is 0.416 e. The van der Waals surface area contributed by atoms with Crippen LogP contribution in [0.25, 0.3) is 0 Å². The number of aldehydes is 1. The Labute approximate surface area is 107 Å². The van der Waals surface area contributed by atoms with Gasteiger partial charge < -0.3 is 4.74 Å². The van der Waals surface area contributed by atoms with Gasteiger partial charge in [-0.2, -0.15) is 13.2 Å². The molecule has 2 rings (SSSR count). The predicted octanol–water partition coefficient (Wildman–Crippen LogP) is 4.31. The number of rotatable bonds is 3. The van der Waals surface area contributed by atoms with Gasteiger partial charge in [0, 0.05) is 5.56 Å². The highest BCUT2D eigenvalue weighted by Gasteiger charge is 2.31. The van der Waals surface area contributed by atoms with Crippen molar-refractivity contribution in [3.05, 3.63) is 59.7 Å². The molecule has 5 heteroatoms. The van der Waals surface area contributed by atoms with E-state index in [1.165, 1.54) is 6.07 Å². The molecular formula is C14H9F3O2. The van der Waals surface area contributed by atoms with Crippen molar-refractivity contribution in [2.24, 2.45) is 0 Å². The van der Waals surface area contributed by atoms with Crippen molar-refractivity contribution in [1.29, 1.82) is 0 Å². The van der Waals surface area contributed by atoms with E-state index in [0.29, 0.717) is 12.0 Å².